The summed E-state index contributed by atoms with van der Waals surface area (Å²) in [5, 5.41) is 13.5. The molecule has 1 unspecified atom stereocenters. The third kappa shape index (κ3) is 3.09. The van der Waals surface area contributed by atoms with Gasteiger partial charge in [-0.05, 0) is 46.1 Å². The molecular formula is C17H27N7. The number of piperidine rings is 1. The topological polar surface area (TPSA) is 64.7 Å². The lowest BCUT2D eigenvalue weighted by atomic mass is 10.1. The summed E-state index contributed by atoms with van der Waals surface area (Å²) in [4.78, 5) is 6.97. The Morgan fingerprint density at radius 1 is 1.04 bits per heavy atom. The van der Waals surface area contributed by atoms with Crippen molar-refractivity contribution >= 4 is 0 Å². The highest BCUT2D eigenvalue weighted by molar-refractivity contribution is 4.99. The van der Waals surface area contributed by atoms with Crippen LogP contribution >= 0.6 is 0 Å². The molecule has 4 rings (SSSR count). The van der Waals surface area contributed by atoms with Gasteiger partial charge in [-0.15, -0.1) is 10.2 Å². The van der Waals surface area contributed by atoms with Crippen molar-refractivity contribution in [3.8, 4) is 0 Å². The summed E-state index contributed by atoms with van der Waals surface area (Å²) in [6.07, 6.45) is 7.25. The molecule has 130 valence electrons. The summed E-state index contributed by atoms with van der Waals surface area (Å²) >= 11 is 0. The van der Waals surface area contributed by atoms with Crippen LogP contribution in [0, 0.1) is 13.8 Å². The SMILES string of the molecule is Cc1nc(C)n(C2CCCN(Cc3nnc4n3CCCCC4)C2)n1. The summed E-state index contributed by atoms with van der Waals surface area (Å²) in [5.41, 5.74) is 0. The van der Waals surface area contributed by atoms with Gasteiger partial charge in [-0.25, -0.2) is 9.67 Å². The van der Waals surface area contributed by atoms with Gasteiger partial charge in [0, 0.05) is 19.5 Å². The number of hydrogen-bond donors (Lipinski definition) is 0. The van der Waals surface area contributed by atoms with Crippen LogP contribution < -0.4 is 0 Å². The van der Waals surface area contributed by atoms with E-state index < -0.39 is 0 Å². The van der Waals surface area contributed by atoms with Gasteiger partial charge in [0.1, 0.15) is 23.3 Å². The van der Waals surface area contributed by atoms with Gasteiger partial charge in [-0.3, -0.25) is 4.90 Å². The summed E-state index contributed by atoms with van der Waals surface area (Å²) in [7, 11) is 0. The fourth-order valence-electron chi connectivity index (χ4n) is 4.12. The highest BCUT2D eigenvalue weighted by Crippen LogP contribution is 2.24. The Labute approximate surface area is 143 Å². The van der Waals surface area contributed by atoms with Crippen molar-refractivity contribution in [2.24, 2.45) is 0 Å². The average molecular weight is 329 g/mol. The van der Waals surface area contributed by atoms with E-state index in [-0.39, 0.29) is 0 Å². The molecule has 7 nitrogen and oxygen atoms in total. The predicted octanol–water partition coefficient (Wildman–Crippen LogP) is 2.05. The Morgan fingerprint density at radius 3 is 2.79 bits per heavy atom. The molecule has 0 aromatic carbocycles. The van der Waals surface area contributed by atoms with Crippen LogP contribution in [0.2, 0.25) is 0 Å². The van der Waals surface area contributed by atoms with Crippen LogP contribution in [0.15, 0.2) is 0 Å². The first-order valence-corrected chi connectivity index (χ1v) is 9.24. The van der Waals surface area contributed by atoms with Gasteiger partial charge in [0.05, 0.1) is 12.6 Å². The summed E-state index contributed by atoms with van der Waals surface area (Å²) < 4.78 is 4.48. The minimum absolute atomic E-state index is 0.423. The lowest BCUT2D eigenvalue weighted by molar-refractivity contribution is 0.156. The van der Waals surface area contributed by atoms with Crippen LogP contribution in [0.4, 0.5) is 0 Å². The molecule has 1 atom stereocenters. The zero-order valence-corrected chi connectivity index (χ0v) is 14.8. The van der Waals surface area contributed by atoms with Crippen LogP contribution in [0.1, 0.15) is 61.4 Å². The largest absolute Gasteiger partial charge is 0.314 e. The number of likely N-dealkylation sites (tertiary alicyclic amines) is 1. The molecule has 0 bridgehead atoms. The van der Waals surface area contributed by atoms with Crippen LogP contribution in [0.5, 0.6) is 0 Å². The smallest absolute Gasteiger partial charge is 0.147 e. The maximum absolute atomic E-state index is 4.59. The van der Waals surface area contributed by atoms with Gasteiger partial charge < -0.3 is 4.57 Å². The zero-order chi connectivity index (χ0) is 16.5. The Morgan fingerprint density at radius 2 is 1.96 bits per heavy atom. The van der Waals surface area contributed by atoms with Crippen molar-refractivity contribution in [1.82, 2.24) is 34.4 Å². The molecule has 2 aromatic heterocycles. The molecule has 1 saturated heterocycles. The number of fused-ring (bicyclic) bond motifs is 1. The minimum atomic E-state index is 0.423. The minimum Gasteiger partial charge on any atom is -0.314 e. The molecule has 1 fully saturated rings. The predicted molar refractivity (Wildman–Crippen MR) is 90.6 cm³/mol. The van der Waals surface area contributed by atoms with Crippen LogP contribution in [-0.4, -0.2) is 47.5 Å². The average Bonchev–Trinajstić information content (AvgIpc) is 3.01. The number of aromatic nitrogens is 6. The number of rotatable bonds is 3. The Kier molecular flexibility index (Phi) is 4.35. The maximum Gasteiger partial charge on any atom is 0.147 e. The molecule has 2 aliphatic heterocycles. The van der Waals surface area contributed by atoms with E-state index in [2.05, 4.69) is 41.4 Å². The van der Waals surface area contributed by atoms with Crippen molar-refractivity contribution < 1.29 is 0 Å². The van der Waals surface area contributed by atoms with E-state index in [0.29, 0.717) is 6.04 Å². The van der Waals surface area contributed by atoms with E-state index in [1.165, 1.54) is 37.9 Å². The van der Waals surface area contributed by atoms with Crippen molar-refractivity contribution in [2.45, 2.75) is 71.5 Å². The molecule has 0 saturated carbocycles. The Hall–Kier alpha value is -1.76. The van der Waals surface area contributed by atoms with Crippen molar-refractivity contribution in [2.75, 3.05) is 13.1 Å². The van der Waals surface area contributed by atoms with Gasteiger partial charge in [0.2, 0.25) is 0 Å². The molecule has 0 radical (unpaired) electrons. The molecule has 7 heteroatoms. The second-order valence-corrected chi connectivity index (χ2v) is 7.18. The van der Waals surface area contributed by atoms with Crippen LogP contribution in [0.25, 0.3) is 0 Å². The van der Waals surface area contributed by atoms with Crippen LogP contribution in [0.3, 0.4) is 0 Å². The normalized spacial score (nSPS) is 22.3. The van der Waals surface area contributed by atoms with E-state index in [9.17, 15) is 0 Å². The van der Waals surface area contributed by atoms with Crippen molar-refractivity contribution in [3.63, 3.8) is 0 Å². The van der Waals surface area contributed by atoms with Gasteiger partial charge in [-0.2, -0.15) is 5.10 Å². The van der Waals surface area contributed by atoms with Gasteiger partial charge in [0.15, 0.2) is 0 Å². The lowest BCUT2D eigenvalue weighted by Gasteiger charge is -2.32. The van der Waals surface area contributed by atoms with Gasteiger partial charge >= 0.3 is 0 Å². The summed E-state index contributed by atoms with van der Waals surface area (Å²) in [6, 6.07) is 0.423. The summed E-state index contributed by atoms with van der Waals surface area (Å²) in [6.45, 7) is 8.15. The number of nitrogens with zero attached hydrogens (tertiary/aromatic N) is 7. The quantitative estimate of drug-likeness (QED) is 0.862. The van der Waals surface area contributed by atoms with E-state index in [4.69, 9.17) is 0 Å². The molecule has 4 heterocycles. The molecule has 2 aromatic rings. The van der Waals surface area contributed by atoms with Gasteiger partial charge in [-0.1, -0.05) is 6.42 Å². The van der Waals surface area contributed by atoms with Crippen molar-refractivity contribution in [1.29, 1.82) is 0 Å². The van der Waals surface area contributed by atoms with Crippen molar-refractivity contribution in [3.05, 3.63) is 23.3 Å². The fraction of sp³-hybridized carbons (Fsp3) is 0.765. The molecule has 0 aliphatic carbocycles. The second kappa shape index (κ2) is 6.63. The number of aryl methyl sites for hydroxylation is 3. The first kappa shape index (κ1) is 15.7. The van der Waals surface area contributed by atoms with Gasteiger partial charge in [0.25, 0.3) is 0 Å². The van der Waals surface area contributed by atoms with Crippen LogP contribution in [-0.2, 0) is 19.5 Å². The molecule has 0 spiro atoms. The van der Waals surface area contributed by atoms with E-state index >= 15 is 0 Å². The first-order chi connectivity index (χ1) is 11.7. The summed E-state index contributed by atoms with van der Waals surface area (Å²) in [5.74, 6) is 4.21. The monoisotopic (exact) mass is 329 g/mol. The first-order valence-electron chi connectivity index (χ1n) is 9.24. The standard InChI is InChI=1S/C17H27N7/c1-13-18-14(2)24(21-13)15-7-6-9-22(11-15)12-17-20-19-16-8-4-3-5-10-23(16)17/h15H,3-12H2,1-2H3. The molecular weight excluding hydrogens is 302 g/mol. The highest BCUT2D eigenvalue weighted by Gasteiger charge is 2.25. The zero-order valence-electron chi connectivity index (χ0n) is 14.8. The third-order valence-corrected chi connectivity index (χ3v) is 5.29. The second-order valence-electron chi connectivity index (χ2n) is 7.18. The third-order valence-electron chi connectivity index (χ3n) is 5.29. The maximum atomic E-state index is 4.59. The van der Waals surface area contributed by atoms with E-state index in [1.807, 2.05) is 6.92 Å². The highest BCUT2D eigenvalue weighted by atomic mass is 15.4. The fourth-order valence-corrected chi connectivity index (χ4v) is 4.12. The molecule has 0 amide bonds. The molecule has 0 N–H and O–H groups in total. The Balaban J connectivity index is 1.47. The molecule has 24 heavy (non-hydrogen) atoms. The Bertz CT molecular complexity index is 702. The molecule has 2 aliphatic rings. The number of hydrogen-bond acceptors (Lipinski definition) is 5. The van der Waals surface area contributed by atoms with E-state index in [0.717, 1.165) is 50.1 Å². The van der Waals surface area contributed by atoms with E-state index in [1.54, 1.807) is 0 Å². The lowest BCUT2D eigenvalue weighted by Crippen LogP contribution is -2.37.